The van der Waals surface area contributed by atoms with Crippen LogP contribution in [0.15, 0.2) is 103 Å². The number of carbonyl (C=O) groups is 2. The molecule has 0 unspecified atom stereocenters. The van der Waals surface area contributed by atoms with Crippen molar-refractivity contribution in [1.29, 1.82) is 0 Å². The Hall–Kier alpha value is -5.17. The summed E-state index contributed by atoms with van der Waals surface area (Å²) in [4.78, 5) is 33.4. The summed E-state index contributed by atoms with van der Waals surface area (Å²) in [5.74, 6) is 0.564. The van der Waals surface area contributed by atoms with Gasteiger partial charge in [-0.25, -0.2) is 0 Å². The minimum atomic E-state index is -0.141. The molecule has 3 aromatic carbocycles. The van der Waals surface area contributed by atoms with E-state index in [-0.39, 0.29) is 11.8 Å². The Morgan fingerprint density at radius 1 is 0.905 bits per heavy atom. The molecule has 210 valence electrons. The van der Waals surface area contributed by atoms with E-state index in [1.807, 2.05) is 113 Å². The molecule has 3 heterocycles. The lowest BCUT2D eigenvalue weighted by atomic mass is 9.97. The van der Waals surface area contributed by atoms with Gasteiger partial charge in [-0.15, -0.1) is 0 Å². The van der Waals surface area contributed by atoms with E-state index in [0.717, 1.165) is 45.1 Å². The first-order valence-corrected chi connectivity index (χ1v) is 14.0. The molecule has 0 fully saturated rings. The zero-order chi connectivity index (χ0) is 29.1. The number of hydrogen-bond donors (Lipinski definition) is 1. The average Bonchev–Trinajstić information content (AvgIpc) is 3.34. The second kappa shape index (κ2) is 11.7. The molecule has 0 aliphatic carbocycles. The highest BCUT2D eigenvalue weighted by Crippen LogP contribution is 2.32. The highest BCUT2D eigenvalue weighted by Gasteiger charge is 2.27. The fourth-order valence-corrected chi connectivity index (χ4v) is 5.55. The molecule has 7 nitrogen and oxygen atoms in total. The van der Waals surface area contributed by atoms with Crippen molar-refractivity contribution in [2.45, 2.75) is 26.4 Å². The van der Waals surface area contributed by atoms with Gasteiger partial charge in [0.15, 0.2) is 0 Å². The summed E-state index contributed by atoms with van der Waals surface area (Å²) < 4.78 is 7.41. The van der Waals surface area contributed by atoms with Crippen molar-refractivity contribution in [3.05, 3.63) is 137 Å². The molecule has 0 saturated heterocycles. The summed E-state index contributed by atoms with van der Waals surface area (Å²) in [6, 6.07) is 31.2. The van der Waals surface area contributed by atoms with Crippen LogP contribution >= 0.6 is 0 Å². The maximum absolute atomic E-state index is 14.1. The summed E-state index contributed by atoms with van der Waals surface area (Å²) in [5, 5.41) is 3.03. The number of fused-ring (bicyclic) bond motifs is 2. The fraction of sp³-hybridized carbons (Fsp3) is 0.171. The molecule has 0 atom stereocenters. The Labute approximate surface area is 245 Å². The zero-order valence-corrected chi connectivity index (χ0v) is 23.7. The highest BCUT2D eigenvalue weighted by molar-refractivity contribution is 6.07. The topological polar surface area (TPSA) is 76.5 Å². The van der Waals surface area contributed by atoms with Crippen LogP contribution in [-0.2, 0) is 19.5 Å². The molecule has 1 aliphatic heterocycles. The lowest BCUT2D eigenvalue weighted by Crippen LogP contribution is -2.31. The van der Waals surface area contributed by atoms with Crippen molar-refractivity contribution in [2.24, 2.45) is 0 Å². The molecule has 0 radical (unpaired) electrons. The molecule has 0 spiro atoms. The summed E-state index contributed by atoms with van der Waals surface area (Å²) in [6.07, 6.45) is 2.41. The molecule has 42 heavy (non-hydrogen) atoms. The van der Waals surface area contributed by atoms with Gasteiger partial charge in [0.2, 0.25) is 0 Å². The van der Waals surface area contributed by atoms with Crippen molar-refractivity contribution in [3.8, 4) is 16.9 Å². The number of ether oxygens (including phenoxy) is 1. The van der Waals surface area contributed by atoms with Gasteiger partial charge in [0.05, 0.1) is 20.2 Å². The average molecular weight is 557 g/mol. The standard InChI is InChI=1S/C35H32N4O3/c1-24-20-26(13-15-31(24)25-9-7-11-30(21-25)42-2)35(41)39-23-29-14-16-33(38(29)22-27-8-3-4-12-32(27)39)34(40)37-19-17-28-10-5-6-18-36-28/h3-16,18,20-21H,17,19,22-23H2,1-2H3,(H,37,40). The van der Waals surface area contributed by atoms with Crippen LogP contribution in [0.1, 0.15) is 43.4 Å². The molecular weight excluding hydrogens is 524 g/mol. The number of aromatic nitrogens is 2. The minimum absolute atomic E-state index is 0.0845. The number of para-hydroxylation sites is 1. The molecule has 0 saturated carbocycles. The van der Waals surface area contributed by atoms with E-state index in [0.29, 0.717) is 37.3 Å². The number of nitrogens with zero attached hydrogens (tertiary/aromatic N) is 3. The van der Waals surface area contributed by atoms with Gasteiger partial charge in [-0.05, 0) is 83.8 Å². The predicted octanol–water partition coefficient (Wildman–Crippen LogP) is 6.05. The van der Waals surface area contributed by atoms with Gasteiger partial charge >= 0.3 is 0 Å². The molecule has 2 amide bonds. The van der Waals surface area contributed by atoms with E-state index in [2.05, 4.69) is 10.3 Å². The SMILES string of the molecule is COc1cccc(-c2ccc(C(=O)N3Cc4ccc(C(=O)NCCc5ccccn5)n4Cc4ccccc43)cc2C)c1. The molecular formula is C35H32N4O3. The molecule has 0 bridgehead atoms. The lowest BCUT2D eigenvalue weighted by molar-refractivity contribution is 0.0944. The van der Waals surface area contributed by atoms with Crippen LogP contribution in [0, 0.1) is 6.92 Å². The number of anilines is 1. The third kappa shape index (κ3) is 5.41. The van der Waals surface area contributed by atoms with E-state index in [1.165, 1.54) is 0 Å². The molecule has 7 heteroatoms. The number of benzene rings is 3. The third-order valence-corrected chi connectivity index (χ3v) is 7.73. The van der Waals surface area contributed by atoms with Crippen LogP contribution in [0.4, 0.5) is 5.69 Å². The van der Waals surface area contributed by atoms with Crippen LogP contribution in [0.2, 0.25) is 0 Å². The van der Waals surface area contributed by atoms with Crippen LogP contribution in [0.5, 0.6) is 5.75 Å². The maximum Gasteiger partial charge on any atom is 0.267 e. The number of aryl methyl sites for hydroxylation is 1. The number of pyridine rings is 1. The van der Waals surface area contributed by atoms with Crippen LogP contribution < -0.4 is 15.0 Å². The highest BCUT2D eigenvalue weighted by atomic mass is 16.5. The van der Waals surface area contributed by atoms with E-state index in [4.69, 9.17) is 4.74 Å². The first kappa shape index (κ1) is 27.0. The summed E-state index contributed by atoms with van der Waals surface area (Å²) >= 11 is 0. The number of methoxy groups -OCH3 is 1. The van der Waals surface area contributed by atoms with Crippen molar-refractivity contribution in [2.75, 3.05) is 18.6 Å². The number of amides is 2. The molecule has 1 aliphatic rings. The Morgan fingerprint density at radius 2 is 1.76 bits per heavy atom. The van der Waals surface area contributed by atoms with Gasteiger partial charge in [-0.1, -0.05) is 42.5 Å². The van der Waals surface area contributed by atoms with Gasteiger partial charge in [0, 0.05) is 41.8 Å². The minimum Gasteiger partial charge on any atom is -0.497 e. The second-order valence-corrected chi connectivity index (χ2v) is 10.4. The zero-order valence-electron chi connectivity index (χ0n) is 23.7. The number of carbonyl (C=O) groups excluding carboxylic acids is 2. The van der Waals surface area contributed by atoms with Crippen LogP contribution in [0.25, 0.3) is 11.1 Å². The van der Waals surface area contributed by atoms with Crippen LogP contribution in [0.3, 0.4) is 0 Å². The Morgan fingerprint density at radius 3 is 2.57 bits per heavy atom. The van der Waals surface area contributed by atoms with E-state index >= 15 is 0 Å². The number of hydrogen-bond acceptors (Lipinski definition) is 4. The maximum atomic E-state index is 14.1. The normalized spacial score (nSPS) is 12.2. The fourth-order valence-electron chi connectivity index (χ4n) is 5.55. The van der Waals surface area contributed by atoms with Crippen molar-refractivity contribution >= 4 is 17.5 Å². The van der Waals surface area contributed by atoms with Gasteiger partial charge in [0.1, 0.15) is 11.4 Å². The Kier molecular flexibility index (Phi) is 7.56. The van der Waals surface area contributed by atoms with Crippen LogP contribution in [-0.4, -0.2) is 35.0 Å². The third-order valence-electron chi connectivity index (χ3n) is 7.73. The Balaban J connectivity index is 1.26. The first-order valence-electron chi connectivity index (χ1n) is 14.0. The summed E-state index contributed by atoms with van der Waals surface area (Å²) in [6.45, 7) is 3.36. The number of nitrogens with one attached hydrogen (secondary N) is 1. The quantitative estimate of drug-likeness (QED) is 0.265. The van der Waals surface area contributed by atoms with Crippen molar-refractivity contribution in [1.82, 2.24) is 14.9 Å². The van der Waals surface area contributed by atoms with Gasteiger partial charge in [-0.2, -0.15) is 0 Å². The first-order chi connectivity index (χ1) is 20.5. The smallest absolute Gasteiger partial charge is 0.267 e. The van der Waals surface area contributed by atoms with E-state index in [1.54, 1.807) is 13.3 Å². The predicted molar refractivity (Wildman–Crippen MR) is 164 cm³/mol. The van der Waals surface area contributed by atoms with E-state index < -0.39 is 0 Å². The summed E-state index contributed by atoms with van der Waals surface area (Å²) in [5.41, 5.74) is 7.94. The van der Waals surface area contributed by atoms with Gasteiger partial charge < -0.3 is 19.5 Å². The van der Waals surface area contributed by atoms with Crippen molar-refractivity contribution < 1.29 is 14.3 Å². The monoisotopic (exact) mass is 556 g/mol. The van der Waals surface area contributed by atoms with Gasteiger partial charge in [-0.3, -0.25) is 14.6 Å². The van der Waals surface area contributed by atoms with Gasteiger partial charge in [0.25, 0.3) is 11.8 Å². The summed E-state index contributed by atoms with van der Waals surface area (Å²) in [7, 11) is 1.66. The molecule has 2 aromatic heterocycles. The lowest BCUT2D eigenvalue weighted by Gasteiger charge is -2.23. The van der Waals surface area contributed by atoms with Crippen molar-refractivity contribution in [3.63, 3.8) is 0 Å². The molecule has 5 aromatic rings. The number of rotatable bonds is 7. The van der Waals surface area contributed by atoms with E-state index in [9.17, 15) is 9.59 Å². The molecule has 1 N–H and O–H groups in total. The Bertz CT molecular complexity index is 1760. The molecule has 6 rings (SSSR count). The largest absolute Gasteiger partial charge is 0.497 e. The second-order valence-electron chi connectivity index (χ2n) is 10.4.